The van der Waals surface area contributed by atoms with E-state index in [0.29, 0.717) is 31.4 Å². The van der Waals surface area contributed by atoms with E-state index in [1.54, 1.807) is 0 Å². The minimum Gasteiger partial charge on any atom is -0.494 e. The zero-order valence-corrected chi connectivity index (χ0v) is 14.8. The van der Waals surface area contributed by atoms with E-state index >= 15 is 0 Å². The highest BCUT2D eigenvalue weighted by molar-refractivity contribution is 5.78. The predicted octanol–water partition coefficient (Wildman–Crippen LogP) is 2.19. The van der Waals surface area contributed by atoms with Gasteiger partial charge in [0.1, 0.15) is 5.75 Å². The van der Waals surface area contributed by atoms with Crippen molar-refractivity contribution in [2.45, 2.75) is 26.3 Å². The molecule has 0 spiro atoms. The third-order valence-corrected chi connectivity index (χ3v) is 4.16. The molecule has 2 heterocycles. The average Bonchev–Trinajstić information content (AvgIpc) is 3.27. The third kappa shape index (κ3) is 4.57. The van der Waals surface area contributed by atoms with Crippen LogP contribution in [0, 0.1) is 0 Å². The van der Waals surface area contributed by atoms with E-state index in [2.05, 4.69) is 10.1 Å². The van der Waals surface area contributed by atoms with Gasteiger partial charge in [-0.25, -0.2) is 0 Å². The molecule has 0 aliphatic carbocycles. The number of aromatic nitrogens is 2. The molecule has 1 aliphatic rings. The van der Waals surface area contributed by atoms with Crippen LogP contribution in [0.3, 0.4) is 0 Å². The minimum atomic E-state index is 0.159. The molecule has 0 N–H and O–H groups in total. The molecular formula is C18H24N4O3. The quantitative estimate of drug-likeness (QED) is 0.767. The molecule has 134 valence electrons. The molecule has 25 heavy (non-hydrogen) atoms. The molecule has 2 aromatic rings. The first-order chi connectivity index (χ1) is 12.2. The summed E-state index contributed by atoms with van der Waals surface area (Å²) in [5.41, 5.74) is 0.870. The molecule has 1 fully saturated rings. The van der Waals surface area contributed by atoms with Gasteiger partial charge in [0.05, 0.1) is 19.7 Å². The van der Waals surface area contributed by atoms with Crippen LogP contribution in [0.1, 0.15) is 25.7 Å². The van der Waals surface area contributed by atoms with Gasteiger partial charge in [0, 0.05) is 18.7 Å². The smallest absolute Gasteiger partial charge is 0.241 e. The van der Waals surface area contributed by atoms with Gasteiger partial charge < -0.3 is 14.2 Å². The maximum absolute atomic E-state index is 12.2. The van der Waals surface area contributed by atoms with Gasteiger partial charge in [-0.2, -0.15) is 4.98 Å². The standard InChI is InChI=1S/C18H24N4O3/c1-3-24-15-8-6-14(7-9-15)18-19-16(25-20-18)12-21(2)13-17(23)22-10-4-5-11-22/h6-9H,3-5,10-13H2,1-2H3. The summed E-state index contributed by atoms with van der Waals surface area (Å²) in [4.78, 5) is 20.4. The fourth-order valence-electron chi connectivity index (χ4n) is 2.89. The molecule has 7 heteroatoms. The summed E-state index contributed by atoms with van der Waals surface area (Å²) in [6.45, 7) is 5.13. The van der Waals surface area contributed by atoms with E-state index in [0.717, 1.165) is 37.2 Å². The lowest BCUT2D eigenvalue weighted by atomic mass is 10.2. The number of likely N-dealkylation sites (tertiary alicyclic amines) is 1. The molecule has 1 saturated heterocycles. The van der Waals surface area contributed by atoms with Crippen LogP contribution in [0.15, 0.2) is 28.8 Å². The number of hydrogen-bond acceptors (Lipinski definition) is 6. The van der Waals surface area contributed by atoms with Crippen LogP contribution in [0.25, 0.3) is 11.4 Å². The Morgan fingerprint density at radius 3 is 2.68 bits per heavy atom. The van der Waals surface area contributed by atoms with Crippen LogP contribution in [0.4, 0.5) is 0 Å². The van der Waals surface area contributed by atoms with Crippen LogP contribution in [-0.2, 0) is 11.3 Å². The first-order valence-corrected chi connectivity index (χ1v) is 8.68. The molecule has 0 radical (unpaired) electrons. The van der Waals surface area contributed by atoms with E-state index < -0.39 is 0 Å². The molecule has 7 nitrogen and oxygen atoms in total. The Bertz CT molecular complexity index is 693. The summed E-state index contributed by atoms with van der Waals surface area (Å²) in [6, 6.07) is 7.58. The van der Waals surface area contributed by atoms with Crippen LogP contribution >= 0.6 is 0 Å². The lowest BCUT2D eigenvalue weighted by Gasteiger charge is -2.19. The van der Waals surface area contributed by atoms with Gasteiger partial charge in [-0.05, 0) is 51.1 Å². The number of rotatable bonds is 7. The first kappa shape index (κ1) is 17.4. The highest BCUT2D eigenvalue weighted by atomic mass is 16.5. The van der Waals surface area contributed by atoms with E-state index in [9.17, 15) is 4.79 Å². The molecule has 0 unspecified atom stereocenters. The highest BCUT2D eigenvalue weighted by Gasteiger charge is 2.20. The maximum Gasteiger partial charge on any atom is 0.241 e. The number of carbonyl (C=O) groups excluding carboxylic acids is 1. The SMILES string of the molecule is CCOc1ccc(-c2noc(CN(C)CC(=O)N3CCCC3)n2)cc1. The van der Waals surface area contributed by atoms with Crippen molar-refractivity contribution in [1.29, 1.82) is 0 Å². The average molecular weight is 344 g/mol. The van der Waals surface area contributed by atoms with Gasteiger partial charge in [0.2, 0.25) is 17.6 Å². The van der Waals surface area contributed by atoms with Crippen LogP contribution < -0.4 is 4.74 Å². The highest BCUT2D eigenvalue weighted by Crippen LogP contribution is 2.20. The molecule has 1 aromatic heterocycles. The Morgan fingerprint density at radius 1 is 1.28 bits per heavy atom. The fraction of sp³-hybridized carbons (Fsp3) is 0.500. The zero-order valence-electron chi connectivity index (χ0n) is 14.8. The number of nitrogens with zero attached hydrogens (tertiary/aromatic N) is 4. The van der Waals surface area contributed by atoms with Crippen LogP contribution in [-0.4, -0.2) is 59.1 Å². The Kier molecular flexibility index (Phi) is 5.65. The van der Waals surface area contributed by atoms with Gasteiger partial charge in [-0.1, -0.05) is 5.16 Å². The second-order valence-corrected chi connectivity index (χ2v) is 6.23. The van der Waals surface area contributed by atoms with Gasteiger partial charge in [0.25, 0.3) is 0 Å². The maximum atomic E-state index is 12.2. The number of carbonyl (C=O) groups is 1. The summed E-state index contributed by atoms with van der Waals surface area (Å²) in [6.07, 6.45) is 2.20. The monoisotopic (exact) mass is 344 g/mol. The summed E-state index contributed by atoms with van der Waals surface area (Å²) >= 11 is 0. The van der Waals surface area contributed by atoms with Gasteiger partial charge in [-0.3, -0.25) is 9.69 Å². The zero-order chi connectivity index (χ0) is 17.6. The summed E-state index contributed by atoms with van der Waals surface area (Å²) in [5.74, 6) is 2.01. The van der Waals surface area contributed by atoms with Crippen molar-refractivity contribution in [3.8, 4) is 17.1 Å². The lowest BCUT2D eigenvalue weighted by Crippen LogP contribution is -2.37. The Balaban J connectivity index is 1.56. The van der Waals surface area contributed by atoms with Crippen molar-refractivity contribution in [2.24, 2.45) is 0 Å². The van der Waals surface area contributed by atoms with E-state index in [1.807, 2.05) is 48.0 Å². The number of benzene rings is 1. The molecule has 1 aliphatic heterocycles. The predicted molar refractivity (Wildman–Crippen MR) is 93.1 cm³/mol. The molecule has 1 amide bonds. The molecule has 0 saturated carbocycles. The van der Waals surface area contributed by atoms with Gasteiger partial charge in [-0.15, -0.1) is 0 Å². The molecule has 0 bridgehead atoms. The van der Waals surface area contributed by atoms with Gasteiger partial charge >= 0.3 is 0 Å². The van der Waals surface area contributed by atoms with Crippen LogP contribution in [0.2, 0.25) is 0 Å². The second kappa shape index (κ2) is 8.11. The summed E-state index contributed by atoms with van der Waals surface area (Å²) < 4.78 is 10.7. The second-order valence-electron chi connectivity index (χ2n) is 6.23. The van der Waals surface area contributed by atoms with Crippen molar-refractivity contribution in [2.75, 3.05) is 33.3 Å². The van der Waals surface area contributed by atoms with Gasteiger partial charge in [0.15, 0.2) is 0 Å². The normalized spacial score (nSPS) is 14.3. The molecule has 3 rings (SSSR count). The summed E-state index contributed by atoms with van der Waals surface area (Å²) in [5, 5.41) is 4.02. The van der Waals surface area contributed by atoms with Crippen molar-refractivity contribution in [3.63, 3.8) is 0 Å². The van der Waals surface area contributed by atoms with Crippen molar-refractivity contribution >= 4 is 5.91 Å². The number of hydrogen-bond donors (Lipinski definition) is 0. The molecular weight excluding hydrogens is 320 g/mol. The van der Waals surface area contributed by atoms with Crippen molar-refractivity contribution in [1.82, 2.24) is 19.9 Å². The van der Waals surface area contributed by atoms with Crippen molar-refractivity contribution in [3.05, 3.63) is 30.2 Å². The fourth-order valence-corrected chi connectivity index (χ4v) is 2.89. The number of likely N-dealkylation sites (N-methyl/N-ethyl adjacent to an activating group) is 1. The Labute approximate surface area is 147 Å². The van der Waals surface area contributed by atoms with Crippen molar-refractivity contribution < 1.29 is 14.1 Å². The topological polar surface area (TPSA) is 71.7 Å². The summed E-state index contributed by atoms with van der Waals surface area (Å²) in [7, 11) is 1.88. The van der Waals surface area contributed by atoms with E-state index in [1.165, 1.54) is 0 Å². The lowest BCUT2D eigenvalue weighted by molar-refractivity contribution is -0.131. The number of ether oxygens (including phenoxy) is 1. The van der Waals surface area contributed by atoms with Crippen LogP contribution in [0.5, 0.6) is 5.75 Å². The Hall–Kier alpha value is -2.41. The molecule has 0 atom stereocenters. The molecule has 1 aromatic carbocycles. The minimum absolute atomic E-state index is 0.159. The number of amides is 1. The van der Waals surface area contributed by atoms with E-state index in [4.69, 9.17) is 9.26 Å². The first-order valence-electron chi connectivity index (χ1n) is 8.68. The third-order valence-electron chi connectivity index (χ3n) is 4.16. The largest absolute Gasteiger partial charge is 0.494 e. The van der Waals surface area contributed by atoms with E-state index in [-0.39, 0.29) is 5.91 Å². The Morgan fingerprint density at radius 2 is 2.00 bits per heavy atom.